The summed E-state index contributed by atoms with van der Waals surface area (Å²) in [6.45, 7) is 0. The van der Waals surface area contributed by atoms with Crippen LogP contribution >= 0.6 is 12.4 Å². The lowest BCUT2D eigenvalue weighted by Gasteiger charge is -2.01. The summed E-state index contributed by atoms with van der Waals surface area (Å²) in [5, 5.41) is 10.3. The Morgan fingerprint density at radius 1 is 1.40 bits per heavy atom. The van der Waals surface area contributed by atoms with Crippen LogP contribution in [-0.4, -0.2) is 11.0 Å². The molecule has 15 heavy (non-hydrogen) atoms. The molecule has 0 unspecified atom stereocenters. The highest BCUT2D eigenvalue weighted by atomic mass is 35.5. The topological polar surface area (TPSA) is 107 Å². The zero-order chi connectivity index (χ0) is 10.6. The maximum atomic E-state index is 10.6. The van der Waals surface area contributed by atoms with Gasteiger partial charge < -0.3 is 4.74 Å². The fourth-order valence-corrected chi connectivity index (χ4v) is 0.772. The number of hydrogen-bond acceptors (Lipinski definition) is 5. The monoisotopic (exact) mass is 233 g/mol. The molecule has 1 rings (SSSR count). The molecule has 1 aromatic rings. The van der Waals surface area contributed by atoms with Gasteiger partial charge in [0.25, 0.3) is 5.69 Å². The minimum Gasteiger partial charge on any atom is -0.409 e. The van der Waals surface area contributed by atoms with Gasteiger partial charge in [-0.25, -0.2) is 10.6 Å². The Bertz CT molecular complexity index is 354. The van der Waals surface area contributed by atoms with Gasteiger partial charge in [0.2, 0.25) is 0 Å². The van der Waals surface area contributed by atoms with Gasteiger partial charge in [-0.15, -0.1) is 12.4 Å². The Balaban J connectivity index is 0.00000196. The van der Waals surface area contributed by atoms with Crippen molar-refractivity contribution in [2.75, 3.05) is 0 Å². The van der Waals surface area contributed by atoms with Crippen molar-refractivity contribution in [1.82, 2.24) is 5.43 Å². The highest BCUT2D eigenvalue weighted by molar-refractivity contribution is 5.85. The number of halogens is 1. The smallest absolute Gasteiger partial charge is 0.409 e. The van der Waals surface area contributed by atoms with Crippen molar-refractivity contribution in [3.8, 4) is 5.75 Å². The van der Waals surface area contributed by atoms with E-state index in [9.17, 15) is 14.9 Å². The third-order valence-corrected chi connectivity index (χ3v) is 1.38. The molecular formula is C7H8ClN3O4. The molecule has 3 N–H and O–H groups in total. The van der Waals surface area contributed by atoms with E-state index in [-0.39, 0.29) is 23.8 Å². The zero-order valence-corrected chi connectivity index (χ0v) is 8.19. The van der Waals surface area contributed by atoms with Crippen molar-refractivity contribution in [2.24, 2.45) is 5.84 Å². The molecule has 8 heteroatoms. The van der Waals surface area contributed by atoms with Crippen LogP contribution in [0.25, 0.3) is 0 Å². The van der Waals surface area contributed by atoms with E-state index >= 15 is 0 Å². The number of non-ortho nitro benzene ring substituents is 1. The van der Waals surface area contributed by atoms with Crippen LogP contribution in [0.3, 0.4) is 0 Å². The van der Waals surface area contributed by atoms with Crippen molar-refractivity contribution in [3.05, 3.63) is 34.4 Å². The number of rotatable bonds is 2. The van der Waals surface area contributed by atoms with E-state index in [4.69, 9.17) is 5.84 Å². The molecule has 0 fully saturated rings. The Morgan fingerprint density at radius 3 is 2.33 bits per heavy atom. The number of benzene rings is 1. The van der Waals surface area contributed by atoms with Crippen LogP contribution < -0.4 is 16.0 Å². The quantitative estimate of drug-likeness (QED) is 0.343. The molecule has 0 atom stereocenters. The fourth-order valence-electron chi connectivity index (χ4n) is 0.772. The number of carbonyl (C=O) groups excluding carboxylic acids is 1. The first-order valence-electron chi connectivity index (χ1n) is 3.56. The minimum atomic E-state index is -0.834. The Labute approximate surface area is 90.7 Å². The molecule has 0 saturated heterocycles. The summed E-state index contributed by atoms with van der Waals surface area (Å²) in [5.74, 6) is 4.94. The van der Waals surface area contributed by atoms with E-state index < -0.39 is 11.0 Å². The maximum Gasteiger partial charge on any atom is 0.426 e. The summed E-state index contributed by atoms with van der Waals surface area (Å²) in [5.41, 5.74) is 1.68. The number of carbonyl (C=O) groups is 1. The summed E-state index contributed by atoms with van der Waals surface area (Å²) >= 11 is 0. The first-order chi connectivity index (χ1) is 6.63. The number of nitro benzene ring substituents is 1. The van der Waals surface area contributed by atoms with Gasteiger partial charge in [0.1, 0.15) is 5.75 Å². The average molecular weight is 234 g/mol. The Morgan fingerprint density at radius 2 is 1.93 bits per heavy atom. The van der Waals surface area contributed by atoms with Crippen LogP contribution in [-0.2, 0) is 0 Å². The first kappa shape index (κ1) is 13.1. The van der Waals surface area contributed by atoms with Gasteiger partial charge >= 0.3 is 6.09 Å². The molecule has 1 amide bonds. The van der Waals surface area contributed by atoms with Crippen LogP contribution in [0.4, 0.5) is 10.5 Å². The molecule has 0 aliphatic heterocycles. The van der Waals surface area contributed by atoms with E-state index in [1.54, 1.807) is 5.43 Å². The van der Waals surface area contributed by atoms with Crippen molar-refractivity contribution < 1.29 is 14.5 Å². The predicted octanol–water partition coefficient (Wildman–Crippen LogP) is 0.979. The first-order valence-corrected chi connectivity index (χ1v) is 3.56. The molecule has 0 heterocycles. The number of nitrogens with two attached hydrogens (primary N) is 1. The van der Waals surface area contributed by atoms with Gasteiger partial charge in [0.05, 0.1) is 4.92 Å². The molecule has 0 aromatic heterocycles. The van der Waals surface area contributed by atoms with Gasteiger partial charge in [0, 0.05) is 12.1 Å². The number of amides is 1. The maximum absolute atomic E-state index is 10.6. The summed E-state index contributed by atoms with van der Waals surface area (Å²) in [7, 11) is 0. The lowest BCUT2D eigenvalue weighted by molar-refractivity contribution is -0.384. The molecular weight excluding hydrogens is 226 g/mol. The third-order valence-electron chi connectivity index (χ3n) is 1.38. The molecule has 82 valence electrons. The average Bonchev–Trinajstić information content (AvgIpc) is 2.18. The molecule has 0 bridgehead atoms. The Hall–Kier alpha value is -1.86. The highest BCUT2D eigenvalue weighted by Crippen LogP contribution is 2.16. The molecule has 0 aliphatic carbocycles. The molecule has 0 saturated carbocycles. The molecule has 7 nitrogen and oxygen atoms in total. The van der Waals surface area contributed by atoms with Crippen molar-refractivity contribution in [3.63, 3.8) is 0 Å². The number of nitrogens with one attached hydrogen (secondary N) is 1. The van der Waals surface area contributed by atoms with Crippen LogP contribution in [0.2, 0.25) is 0 Å². The van der Waals surface area contributed by atoms with Crippen LogP contribution in [0.15, 0.2) is 24.3 Å². The summed E-state index contributed by atoms with van der Waals surface area (Å²) in [6, 6.07) is 5.04. The minimum absolute atomic E-state index is 0. The van der Waals surface area contributed by atoms with Crippen molar-refractivity contribution >= 4 is 24.2 Å². The standard InChI is InChI=1S/C7H7N3O4.ClH/c8-9-7(11)14-6-3-1-5(2-4-6)10(12)13;/h1-4H,8H2,(H,9,11);1H. The number of ether oxygens (including phenoxy) is 1. The number of hydrogen-bond donors (Lipinski definition) is 2. The van der Waals surface area contributed by atoms with Crippen molar-refractivity contribution in [2.45, 2.75) is 0 Å². The SMILES string of the molecule is Cl.NNC(=O)Oc1ccc([N+](=O)[O-])cc1. The largest absolute Gasteiger partial charge is 0.426 e. The van der Waals surface area contributed by atoms with E-state index in [2.05, 4.69) is 4.74 Å². The number of hydrazine groups is 1. The second-order valence-corrected chi connectivity index (χ2v) is 2.28. The van der Waals surface area contributed by atoms with E-state index in [1.165, 1.54) is 24.3 Å². The lowest BCUT2D eigenvalue weighted by Crippen LogP contribution is -2.32. The van der Waals surface area contributed by atoms with Crippen LogP contribution in [0, 0.1) is 10.1 Å². The van der Waals surface area contributed by atoms with Gasteiger partial charge in [-0.2, -0.15) is 0 Å². The molecule has 0 spiro atoms. The summed E-state index contributed by atoms with van der Waals surface area (Å²) < 4.78 is 4.60. The Kier molecular flexibility index (Phi) is 5.07. The van der Waals surface area contributed by atoms with E-state index in [0.29, 0.717) is 0 Å². The van der Waals surface area contributed by atoms with Crippen LogP contribution in [0.5, 0.6) is 5.75 Å². The van der Waals surface area contributed by atoms with Crippen LogP contribution in [0.1, 0.15) is 0 Å². The number of nitro groups is 1. The number of nitrogens with zero attached hydrogens (tertiary/aromatic N) is 1. The van der Waals surface area contributed by atoms with E-state index in [0.717, 1.165) is 0 Å². The molecule has 1 aromatic carbocycles. The zero-order valence-electron chi connectivity index (χ0n) is 7.38. The fraction of sp³-hybridized carbons (Fsp3) is 0. The molecule has 0 aliphatic rings. The molecule has 0 radical (unpaired) electrons. The van der Waals surface area contributed by atoms with E-state index in [1.807, 2.05) is 0 Å². The van der Waals surface area contributed by atoms with Gasteiger partial charge in [-0.1, -0.05) is 0 Å². The van der Waals surface area contributed by atoms with Gasteiger partial charge in [-0.3, -0.25) is 15.5 Å². The highest BCUT2D eigenvalue weighted by Gasteiger charge is 2.06. The normalized spacial score (nSPS) is 8.60. The summed E-state index contributed by atoms with van der Waals surface area (Å²) in [4.78, 5) is 20.3. The second-order valence-electron chi connectivity index (χ2n) is 2.28. The van der Waals surface area contributed by atoms with Crippen molar-refractivity contribution in [1.29, 1.82) is 0 Å². The third kappa shape index (κ3) is 3.79. The van der Waals surface area contributed by atoms with Gasteiger partial charge in [-0.05, 0) is 12.1 Å². The lowest BCUT2D eigenvalue weighted by atomic mass is 10.3. The summed E-state index contributed by atoms with van der Waals surface area (Å²) in [6.07, 6.45) is -0.834. The van der Waals surface area contributed by atoms with Gasteiger partial charge in [0.15, 0.2) is 0 Å². The second kappa shape index (κ2) is 5.78. The predicted molar refractivity (Wildman–Crippen MR) is 53.7 cm³/mol.